The van der Waals surface area contributed by atoms with E-state index < -0.39 is 6.36 Å². The van der Waals surface area contributed by atoms with Gasteiger partial charge in [0.15, 0.2) is 5.76 Å². The molecule has 1 aliphatic carbocycles. The van der Waals surface area contributed by atoms with Crippen LogP contribution in [-0.4, -0.2) is 70.4 Å². The fourth-order valence-corrected chi connectivity index (χ4v) is 4.95. The topological polar surface area (TPSA) is 88.1 Å². The molecule has 10 heteroatoms. The number of amides is 1. The number of carbonyl (C=O) groups excluding carboxylic acids is 1. The minimum absolute atomic E-state index is 0.0231. The number of piperazine rings is 1. The lowest BCUT2D eigenvalue weighted by Crippen LogP contribution is -2.51. The van der Waals surface area contributed by atoms with Crippen molar-refractivity contribution in [1.82, 2.24) is 24.7 Å². The van der Waals surface area contributed by atoms with E-state index in [-0.39, 0.29) is 18.0 Å². The number of furan rings is 1. The lowest BCUT2D eigenvalue weighted by molar-refractivity contribution is 0.0596. The molecule has 3 heterocycles. The number of halogens is 1. The standard InChI is InChI=1S/C29H37FN6O3/c1-21(19-34-13-15-35(16-14-34)29(37)26-4-3-17-38-26)32-20-36-12-11-31-18-27(36)33-28(23-5-6-23)24-7-9-25(10-8-24)39-22(2)30/h3-4,7-12,17-18,21-23,28,32H,5-6,13-16,19-20H2,1-2H3. The van der Waals surface area contributed by atoms with Crippen LogP contribution < -0.4 is 15.5 Å². The highest BCUT2D eigenvalue weighted by molar-refractivity contribution is 5.91. The minimum Gasteiger partial charge on any atom is -0.461 e. The zero-order valence-electron chi connectivity index (χ0n) is 22.6. The van der Waals surface area contributed by atoms with Gasteiger partial charge in [-0.15, -0.1) is 0 Å². The Hall–Kier alpha value is -3.50. The van der Waals surface area contributed by atoms with E-state index in [1.807, 2.05) is 35.4 Å². The molecule has 3 aromatic rings. The molecule has 1 saturated heterocycles. The second kappa shape index (κ2) is 12.6. The van der Waals surface area contributed by atoms with Gasteiger partial charge < -0.3 is 18.6 Å². The van der Waals surface area contributed by atoms with Crippen molar-refractivity contribution in [3.8, 4) is 5.75 Å². The summed E-state index contributed by atoms with van der Waals surface area (Å²) in [6.45, 7) is 8.09. The molecule has 0 spiro atoms. The van der Waals surface area contributed by atoms with E-state index in [1.165, 1.54) is 13.2 Å². The van der Waals surface area contributed by atoms with Crippen molar-refractivity contribution < 1.29 is 18.3 Å². The fourth-order valence-electron chi connectivity index (χ4n) is 4.95. The largest absolute Gasteiger partial charge is 0.461 e. The second-order valence-corrected chi connectivity index (χ2v) is 10.4. The molecule has 2 aliphatic rings. The Morgan fingerprint density at radius 3 is 2.62 bits per heavy atom. The van der Waals surface area contributed by atoms with Gasteiger partial charge in [-0.3, -0.25) is 25.0 Å². The molecule has 2 fully saturated rings. The summed E-state index contributed by atoms with van der Waals surface area (Å²) in [5, 5.41) is 3.61. The van der Waals surface area contributed by atoms with E-state index in [9.17, 15) is 9.18 Å². The maximum Gasteiger partial charge on any atom is 0.289 e. The van der Waals surface area contributed by atoms with Gasteiger partial charge in [0.1, 0.15) is 11.2 Å². The summed E-state index contributed by atoms with van der Waals surface area (Å²) in [5.74, 6) is 1.37. The first-order chi connectivity index (χ1) is 19.0. The SMILES string of the molecule is CC(CN1CCN(C(=O)c2ccco2)CC1)NCn1ccncc1=NC(c1ccc(OC(C)F)cc1)C1CC1. The van der Waals surface area contributed by atoms with E-state index >= 15 is 0 Å². The Kier molecular flexibility index (Phi) is 8.73. The number of aromatic nitrogens is 2. The van der Waals surface area contributed by atoms with Crippen molar-refractivity contribution in [2.24, 2.45) is 10.9 Å². The van der Waals surface area contributed by atoms with E-state index in [4.69, 9.17) is 14.1 Å². The van der Waals surface area contributed by atoms with Gasteiger partial charge in [-0.2, -0.15) is 0 Å². The summed E-state index contributed by atoms with van der Waals surface area (Å²) in [4.78, 5) is 26.2. The number of nitrogens with one attached hydrogen (secondary N) is 1. The highest BCUT2D eigenvalue weighted by Gasteiger charge is 2.32. The molecule has 1 aliphatic heterocycles. The highest BCUT2D eigenvalue weighted by Crippen LogP contribution is 2.43. The quantitative estimate of drug-likeness (QED) is 0.403. The molecule has 3 unspecified atom stereocenters. The highest BCUT2D eigenvalue weighted by atomic mass is 19.1. The van der Waals surface area contributed by atoms with Crippen molar-refractivity contribution in [2.75, 3.05) is 32.7 Å². The van der Waals surface area contributed by atoms with Crippen LogP contribution in [0, 0.1) is 5.92 Å². The molecule has 0 radical (unpaired) electrons. The van der Waals surface area contributed by atoms with Gasteiger partial charge in [0.2, 0.25) is 6.36 Å². The summed E-state index contributed by atoms with van der Waals surface area (Å²) >= 11 is 0. The molecule has 208 valence electrons. The minimum atomic E-state index is -1.34. The van der Waals surface area contributed by atoms with Crippen LogP contribution in [0.1, 0.15) is 48.8 Å². The van der Waals surface area contributed by atoms with Gasteiger partial charge in [0.05, 0.1) is 25.2 Å². The van der Waals surface area contributed by atoms with Crippen LogP contribution in [0.5, 0.6) is 5.75 Å². The van der Waals surface area contributed by atoms with Gasteiger partial charge in [-0.05, 0) is 55.5 Å². The predicted molar refractivity (Wildman–Crippen MR) is 145 cm³/mol. The molecular formula is C29H37FN6O3. The summed E-state index contributed by atoms with van der Waals surface area (Å²) in [7, 11) is 0. The molecule has 1 saturated carbocycles. The Morgan fingerprint density at radius 2 is 1.95 bits per heavy atom. The van der Waals surface area contributed by atoms with Gasteiger partial charge in [0.25, 0.3) is 5.91 Å². The number of benzene rings is 1. The summed E-state index contributed by atoms with van der Waals surface area (Å²) in [6.07, 6.45) is 8.00. The number of nitrogens with zero attached hydrogens (tertiary/aromatic N) is 5. The number of rotatable bonds is 11. The summed E-state index contributed by atoms with van der Waals surface area (Å²) in [5.41, 5.74) is 1.91. The van der Waals surface area contributed by atoms with Crippen molar-refractivity contribution in [2.45, 2.75) is 51.8 Å². The Balaban J connectivity index is 1.17. The zero-order chi connectivity index (χ0) is 27.2. The molecule has 1 N–H and O–H groups in total. The number of carbonyl (C=O) groups is 1. The number of hydrogen-bond donors (Lipinski definition) is 1. The van der Waals surface area contributed by atoms with Gasteiger partial charge >= 0.3 is 0 Å². The zero-order valence-corrected chi connectivity index (χ0v) is 22.6. The monoisotopic (exact) mass is 536 g/mol. The van der Waals surface area contributed by atoms with Crippen LogP contribution in [0.25, 0.3) is 0 Å². The second-order valence-electron chi connectivity index (χ2n) is 10.4. The molecule has 1 amide bonds. The molecule has 3 atom stereocenters. The Morgan fingerprint density at radius 1 is 1.18 bits per heavy atom. The Labute approximate surface area is 228 Å². The van der Waals surface area contributed by atoms with Crippen LogP contribution in [0.3, 0.4) is 0 Å². The van der Waals surface area contributed by atoms with Crippen LogP contribution in [0.4, 0.5) is 4.39 Å². The van der Waals surface area contributed by atoms with Gasteiger partial charge in [-0.1, -0.05) is 12.1 Å². The van der Waals surface area contributed by atoms with E-state index in [2.05, 4.69) is 26.7 Å². The Bertz CT molecular complexity index is 1260. The average Bonchev–Trinajstić information content (AvgIpc) is 3.63. The van der Waals surface area contributed by atoms with Crippen molar-refractivity contribution in [3.63, 3.8) is 0 Å². The molecule has 9 nitrogen and oxygen atoms in total. The molecular weight excluding hydrogens is 499 g/mol. The first kappa shape index (κ1) is 27.1. The van der Waals surface area contributed by atoms with Crippen LogP contribution in [-0.2, 0) is 6.67 Å². The predicted octanol–water partition coefficient (Wildman–Crippen LogP) is 3.62. The first-order valence-corrected chi connectivity index (χ1v) is 13.7. The molecule has 5 rings (SSSR count). The van der Waals surface area contributed by atoms with E-state index in [0.717, 1.165) is 43.5 Å². The first-order valence-electron chi connectivity index (χ1n) is 13.7. The normalized spacial score (nSPS) is 19.1. The lowest BCUT2D eigenvalue weighted by Gasteiger charge is -2.35. The van der Waals surface area contributed by atoms with E-state index in [1.54, 1.807) is 24.5 Å². The number of hydrogen-bond acceptors (Lipinski definition) is 7. The van der Waals surface area contributed by atoms with Gasteiger partial charge in [-0.25, -0.2) is 4.39 Å². The van der Waals surface area contributed by atoms with Crippen molar-refractivity contribution >= 4 is 5.91 Å². The van der Waals surface area contributed by atoms with Gasteiger partial charge in [0, 0.05) is 58.1 Å². The molecule has 0 bridgehead atoms. The number of ether oxygens (including phenoxy) is 1. The average molecular weight is 537 g/mol. The van der Waals surface area contributed by atoms with Crippen molar-refractivity contribution in [3.05, 3.63) is 78.1 Å². The maximum absolute atomic E-state index is 13.2. The number of alkyl halides is 1. The molecule has 39 heavy (non-hydrogen) atoms. The van der Waals surface area contributed by atoms with E-state index in [0.29, 0.717) is 37.2 Å². The maximum atomic E-state index is 13.2. The fraction of sp³-hybridized carbons (Fsp3) is 0.483. The third-order valence-electron chi connectivity index (χ3n) is 7.21. The van der Waals surface area contributed by atoms with Crippen LogP contribution >= 0.6 is 0 Å². The smallest absolute Gasteiger partial charge is 0.289 e. The molecule has 2 aromatic heterocycles. The van der Waals surface area contributed by atoms with Crippen molar-refractivity contribution in [1.29, 1.82) is 0 Å². The molecule has 1 aromatic carbocycles. The lowest BCUT2D eigenvalue weighted by atomic mass is 10.0. The summed E-state index contributed by atoms with van der Waals surface area (Å²) in [6, 6.07) is 11.3. The third kappa shape index (κ3) is 7.33. The summed E-state index contributed by atoms with van der Waals surface area (Å²) < 4.78 is 25.7. The van der Waals surface area contributed by atoms with Crippen LogP contribution in [0.15, 0.2) is 70.7 Å². The third-order valence-corrected chi connectivity index (χ3v) is 7.21. The van der Waals surface area contributed by atoms with Crippen LogP contribution in [0.2, 0.25) is 0 Å².